The van der Waals surface area contributed by atoms with E-state index in [0.717, 1.165) is 19.3 Å². The van der Waals surface area contributed by atoms with Crippen molar-refractivity contribution in [2.24, 2.45) is 5.92 Å². The predicted octanol–water partition coefficient (Wildman–Crippen LogP) is 6.54. The van der Waals surface area contributed by atoms with Gasteiger partial charge in [0.2, 0.25) is 11.8 Å². The number of alkyl carbamates (subject to hydrolysis) is 1. The molecule has 0 spiro atoms. The summed E-state index contributed by atoms with van der Waals surface area (Å²) in [5.41, 5.74) is 1.07. The van der Waals surface area contributed by atoms with Crippen LogP contribution in [0.5, 0.6) is 11.5 Å². The largest absolute Gasteiger partial charge is 0.508 e. The molecule has 0 aliphatic heterocycles. The van der Waals surface area contributed by atoms with E-state index >= 15 is 0 Å². The molecule has 9 nitrogen and oxygen atoms in total. The molecule has 4 unspecified atom stereocenters. The number of phenols is 2. The quantitative estimate of drug-likeness (QED) is 0.192. The second kappa shape index (κ2) is 16.4. The molecule has 244 valence electrons. The maximum absolute atomic E-state index is 14.8. The van der Waals surface area contributed by atoms with Gasteiger partial charge in [0, 0.05) is 18.5 Å². The van der Waals surface area contributed by atoms with Crippen molar-refractivity contribution in [2.45, 2.75) is 124 Å². The standard InChI is InChI=1S/C35H53N3O6/c1-10-11-24(5)36-32(41)31(27-16-19-30(40)23(4)20-27)38(25(6)13-12-22(2)3)33(42)29(37-34(43)44-35(7,8)9)21-26-14-17-28(39)18-15-26/h14-20,22,24-25,29,31,39-40H,10-13,21H2,1-9H3,(H,36,41)(H,37,43). The fourth-order valence-corrected chi connectivity index (χ4v) is 5.12. The molecule has 2 aromatic rings. The summed E-state index contributed by atoms with van der Waals surface area (Å²) in [6.45, 7) is 17.1. The lowest BCUT2D eigenvalue weighted by Crippen LogP contribution is -2.56. The van der Waals surface area contributed by atoms with Gasteiger partial charge >= 0.3 is 6.09 Å². The highest BCUT2D eigenvalue weighted by Crippen LogP contribution is 2.31. The molecule has 4 N–H and O–H groups in total. The van der Waals surface area contributed by atoms with Crippen LogP contribution in [-0.2, 0) is 20.7 Å². The topological polar surface area (TPSA) is 128 Å². The fourth-order valence-electron chi connectivity index (χ4n) is 5.12. The average Bonchev–Trinajstić information content (AvgIpc) is 2.91. The van der Waals surface area contributed by atoms with Gasteiger partial charge in [0.25, 0.3) is 0 Å². The number of nitrogens with one attached hydrogen (secondary N) is 2. The van der Waals surface area contributed by atoms with Crippen molar-refractivity contribution in [3.63, 3.8) is 0 Å². The van der Waals surface area contributed by atoms with E-state index in [1.165, 1.54) is 18.2 Å². The van der Waals surface area contributed by atoms with Crippen LogP contribution in [0.1, 0.15) is 104 Å². The van der Waals surface area contributed by atoms with E-state index in [2.05, 4.69) is 24.5 Å². The molecule has 2 rings (SSSR count). The summed E-state index contributed by atoms with van der Waals surface area (Å²) in [7, 11) is 0. The Labute approximate surface area is 263 Å². The molecule has 0 saturated carbocycles. The molecule has 0 saturated heterocycles. The molecule has 4 atom stereocenters. The first kappa shape index (κ1) is 36.4. The van der Waals surface area contributed by atoms with Gasteiger partial charge in [-0.1, -0.05) is 45.4 Å². The van der Waals surface area contributed by atoms with Gasteiger partial charge in [0.15, 0.2) is 0 Å². The van der Waals surface area contributed by atoms with Gasteiger partial charge in [-0.15, -0.1) is 0 Å². The van der Waals surface area contributed by atoms with Crippen LogP contribution >= 0.6 is 0 Å². The zero-order chi connectivity index (χ0) is 33.2. The summed E-state index contributed by atoms with van der Waals surface area (Å²) >= 11 is 0. The molecule has 0 aromatic heterocycles. The van der Waals surface area contributed by atoms with Crippen molar-refractivity contribution in [2.75, 3.05) is 0 Å². The maximum atomic E-state index is 14.8. The lowest BCUT2D eigenvalue weighted by Gasteiger charge is -2.39. The summed E-state index contributed by atoms with van der Waals surface area (Å²) in [5.74, 6) is -0.221. The number of rotatable bonds is 14. The Balaban J connectivity index is 2.69. The van der Waals surface area contributed by atoms with Gasteiger partial charge < -0.3 is 30.5 Å². The SMILES string of the molecule is CCCC(C)NC(=O)C(c1ccc(O)c(C)c1)N(C(=O)C(Cc1ccc(O)cc1)NC(=O)OC(C)(C)C)C(C)CCC(C)C. The molecule has 0 bridgehead atoms. The molecule has 0 radical (unpaired) electrons. The van der Waals surface area contributed by atoms with Crippen molar-refractivity contribution in [3.8, 4) is 11.5 Å². The molecular formula is C35H53N3O6. The van der Waals surface area contributed by atoms with Crippen LogP contribution in [0.4, 0.5) is 4.79 Å². The van der Waals surface area contributed by atoms with Gasteiger partial charge in [-0.2, -0.15) is 0 Å². The summed E-state index contributed by atoms with van der Waals surface area (Å²) in [6.07, 6.45) is 2.47. The second-order valence-electron chi connectivity index (χ2n) is 13.3. The van der Waals surface area contributed by atoms with Crippen LogP contribution in [0.2, 0.25) is 0 Å². The van der Waals surface area contributed by atoms with Crippen molar-refractivity contribution >= 4 is 17.9 Å². The molecule has 44 heavy (non-hydrogen) atoms. The Morgan fingerprint density at radius 2 is 1.55 bits per heavy atom. The number of aryl methyl sites for hydroxylation is 1. The number of phenolic OH excluding ortho intramolecular Hbond substituents is 2. The molecule has 0 heterocycles. The Kier molecular flexibility index (Phi) is 13.5. The van der Waals surface area contributed by atoms with Crippen LogP contribution in [0.25, 0.3) is 0 Å². The minimum absolute atomic E-state index is 0.0845. The minimum atomic E-state index is -1.07. The van der Waals surface area contributed by atoms with E-state index in [1.807, 2.05) is 20.8 Å². The third-order valence-corrected chi connectivity index (χ3v) is 7.43. The number of hydrogen-bond acceptors (Lipinski definition) is 6. The van der Waals surface area contributed by atoms with Crippen molar-refractivity contribution in [1.82, 2.24) is 15.5 Å². The Bertz CT molecular complexity index is 1240. The molecule has 0 aliphatic carbocycles. The van der Waals surface area contributed by atoms with E-state index in [0.29, 0.717) is 29.0 Å². The molecule has 3 amide bonds. The van der Waals surface area contributed by atoms with Gasteiger partial charge in [0.05, 0.1) is 0 Å². The number of carbonyl (C=O) groups excluding carboxylic acids is 3. The lowest BCUT2D eigenvalue weighted by molar-refractivity contribution is -0.145. The lowest BCUT2D eigenvalue weighted by atomic mass is 9.95. The highest BCUT2D eigenvalue weighted by Gasteiger charge is 2.39. The zero-order valence-electron chi connectivity index (χ0n) is 27.9. The van der Waals surface area contributed by atoms with Crippen molar-refractivity contribution in [1.29, 1.82) is 0 Å². The average molecular weight is 612 g/mol. The zero-order valence-corrected chi connectivity index (χ0v) is 27.9. The van der Waals surface area contributed by atoms with Crippen LogP contribution in [0.3, 0.4) is 0 Å². The number of hydrogen-bond donors (Lipinski definition) is 4. The van der Waals surface area contributed by atoms with Crippen LogP contribution in [0.15, 0.2) is 42.5 Å². The first-order valence-electron chi connectivity index (χ1n) is 15.7. The van der Waals surface area contributed by atoms with Crippen molar-refractivity contribution in [3.05, 3.63) is 59.2 Å². The third-order valence-electron chi connectivity index (χ3n) is 7.43. The summed E-state index contributed by atoms with van der Waals surface area (Å²) < 4.78 is 5.53. The molecule has 0 fully saturated rings. The third kappa shape index (κ3) is 11.4. The van der Waals surface area contributed by atoms with Gasteiger partial charge in [-0.3, -0.25) is 9.59 Å². The number of aromatic hydroxyl groups is 2. The summed E-state index contributed by atoms with van der Waals surface area (Å²) in [4.78, 5) is 43.5. The number of amides is 3. The summed E-state index contributed by atoms with van der Waals surface area (Å²) in [6, 6.07) is 8.78. The van der Waals surface area contributed by atoms with Crippen LogP contribution in [0, 0.1) is 12.8 Å². The molecule has 2 aromatic carbocycles. The van der Waals surface area contributed by atoms with Gasteiger partial charge in [-0.05, 0) is 108 Å². The Morgan fingerprint density at radius 3 is 2.09 bits per heavy atom. The van der Waals surface area contributed by atoms with E-state index in [1.54, 1.807) is 56.9 Å². The summed E-state index contributed by atoms with van der Waals surface area (Å²) in [5, 5.41) is 26.0. The fraction of sp³-hybridized carbons (Fsp3) is 0.571. The van der Waals surface area contributed by atoms with E-state index in [-0.39, 0.29) is 35.9 Å². The number of ether oxygens (including phenoxy) is 1. The maximum Gasteiger partial charge on any atom is 0.408 e. The first-order valence-corrected chi connectivity index (χ1v) is 15.7. The predicted molar refractivity (Wildman–Crippen MR) is 173 cm³/mol. The second-order valence-corrected chi connectivity index (χ2v) is 13.3. The van der Waals surface area contributed by atoms with Gasteiger partial charge in [-0.25, -0.2) is 4.79 Å². The normalized spacial score (nSPS) is 14.3. The van der Waals surface area contributed by atoms with Crippen LogP contribution < -0.4 is 10.6 Å². The number of carbonyl (C=O) groups is 3. The van der Waals surface area contributed by atoms with E-state index in [4.69, 9.17) is 4.74 Å². The smallest absolute Gasteiger partial charge is 0.408 e. The molecule has 0 aliphatic rings. The van der Waals surface area contributed by atoms with Crippen molar-refractivity contribution < 1.29 is 29.3 Å². The monoisotopic (exact) mass is 611 g/mol. The molecular weight excluding hydrogens is 558 g/mol. The highest BCUT2D eigenvalue weighted by molar-refractivity contribution is 5.92. The van der Waals surface area contributed by atoms with Gasteiger partial charge in [0.1, 0.15) is 29.2 Å². The minimum Gasteiger partial charge on any atom is -0.508 e. The first-order chi connectivity index (χ1) is 20.5. The Morgan fingerprint density at radius 1 is 0.909 bits per heavy atom. The highest BCUT2D eigenvalue weighted by atomic mass is 16.6. The van der Waals surface area contributed by atoms with E-state index in [9.17, 15) is 24.6 Å². The van der Waals surface area contributed by atoms with E-state index < -0.39 is 29.7 Å². The number of benzene rings is 2. The Hall–Kier alpha value is -3.75. The van der Waals surface area contributed by atoms with Crippen LogP contribution in [-0.4, -0.2) is 56.7 Å². The number of nitrogens with zero attached hydrogens (tertiary/aromatic N) is 1. The molecule has 9 heteroatoms.